The van der Waals surface area contributed by atoms with Gasteiger partial charge in [-0.15, -0.1) is 4.33 Å². The first-order chi connectivity index (χ1) is 30.4. The molecule has 0 bridgehead atoms. The molecule has 0 aliphatic carbocycles. The molecule has 0 aliphatic rings. The summed E-state index contributed by atoms with van der Waals surface area (Å²) in [6.07, 6.45) is 0.326. The molecule has 8 rings (SSSR count). The maximum atomic E-state index is 13.5. The fourth-order valence-electron chi connectivity index (χ4n) is 7.17. The Hall–Kier alpha value is -6.90. The molecule has 12 heteroatoms. The Morgan fingerprint density at radius 3 is 1.51 bits per heavy atom. The lowest BCUT2D eigenvalue weighted by molar-refractivity contribution is -0.432. The number of hydrogen-bond donors (Lipinski definition) is 2. The van der Waals surface area contributed by atoms with Crippen LogP contribution in [0.1, 0.15) is 54.1 Å². The van der Waals surface area contributed by atoms with E-state index < -0.39 is 10.1 Å². The first-order valence-corrected chi connectivity index (χ1v) is 21.8. The van der Waals surface area contributed by atoms with E-state index in [2.05, 4.69) is 9.37 Å². The van der Waals surface area contributed by atoms with Gasteiger partial charge in [0.1, 0.15) is 27.9 Å². The summed E-state index contributed by atoms with van der Waals surface area (Å²) in [5.41, 5.74) is 6.20. The quantitative estimate of drug-likeness (QED) is 0.0334. The number of benzene rings is 8. The highest BCUT2D eigenvalue weighted by atomic mass is 32.2. The van der Waals surface area contributed by atoms with Crippen molar-refractivity contribution in [2.24, 2.45) is 0 Å². The van der Waals surface area contributed by atoms with Crippen LogP contribution in [0.5, 0.6) is 23.0 Å². The molecule has 0 heterocycles. The summed E-state index contributed by atoms with van der Waals surface area (Å²) in [6.45, 7) is 3.82. The minimum atomic E-state index is -4.64. The molecule has 2 N–H and O–H groups in total. The van der Waals surface area contributed by atoms with Gasteiger partial charge in [-0.25, -0.2) is 5.26 Å². The Morgan fingerprint density at radius 1 is 0.540 bits per heavy atom. The Balaban J connectivity index is 0.930. The lowest BCUT2D eigenvalue weighted by Gasteiger charge is -2.14. The summed E-state index contributed by atoms with van der Waals surface area (Å²) in [6, 6.07) is 49.8. The van der Waals surface area contributed by atoms with Gasteiger partial charge in [-0.2, -0.15) is 8.42 Å². The summed E-state index contributed by atoms with van der Waals surface area (Å²) in [4.78, 5) is 26.7. The van der Waals surface area contributed by atoms with Crippen molar-refractivity contribution in [3.8, 4) is 34.1 Å². The first-order valence-electron chi connectivity index (χ1n) is 19.6. The zero-order valence-electron chi connectivity index (χ0n) is 33.8. The average Bonchev–Trinajstić information content (AvgIpc) is 3.29. The molecule has 0 aliphatic heterocycles. The molecule has 0 unspecified atom stereocenters. The van der Waals surface area contributed by atoms with Crippen LogP contribution in [0.25, 0.3) is 21.9 Å². The molecule has 10 nitrogen and oxygen atoms in total. The van der Waals surface area contributed by atoms with E-state index in [1.165, 1.54) is 6.07 Å². The summed E-state index contributed by atoms with van der Waals surface area (Å²) < 4.78 is 52.5. The average molecular weight is 875 g/mol. The Labute approximate surface area is 368 Å². The molecule has 0 atom stereocenters. The zero-order chi connectivity index (χ0) is 44.1. The minimum Gasteiger partial charge on any atom is -0.457 e. The van der Waals surface area contributed by atoms with E-state index in [0.29, 0.717) is 79.7 Å². The van der Waals surface area contributed by atoms with Crippen molar-refractivity contribution in [3.05, 3.63) is 214 Å². The monoisotopic (exact) mass is 874 g/mol. The van der Waals surface area contributed by atoms with Crippen molar-refractivity contribution in [2.75, 3.05) is 0 Å². The van der Waals surface area contributed by atoms with Crippen molar-refractivity contribution in [1.29, 1.82) is 0 Å². The van der Waals surface area contributed by atoms with Crippen LogP contribution in [0.2, 0.25) is 0 Å². The number of carbonyl (C=O) groups is 2. The zero-order valence-corrected chi connectivity index (χ0v) is 35.5. The Morgan fingerprint density at radius 2 is 1.00 bits per heavy atom. The van der Waals surface area contributed by atoms with Crippen molar-refractivity contribution in [3.63, 3.8) is 0 Å². The third-order valence-corrected chi connectivity index (χ3v) is 11.9. The van der Waals surface area contributed by atoms with E-state index in [-0.39, 0.29) is 22.0 Å². The van der Waals surface area contributed by atoms with Crippen LogP contribution in [-0.4, -0.2) is 29.8 Å². The van der Waals surface area contributed by atoms with Gasteiger partial charge >= 0.3 is 0 Å². The normalized spacial score (nSPS) is 11.4. The van der Waals surface area contributed by atoms with Crippen molar-refractivity contribution < 1.29 is 46.7 Å². The van der Waals surface area contributed by atoms with Crippen LogP contribution in [0.3, 0.4) is 0 Å². The van der Waals surface area contributed by atoms with E-state index in [1.54, 1.807) is 103 Å². The number of carbonyl (C=O) groups excluding carboxylic acids is 2. The second-order valence-electron chi connectivity index (χ2n) is 14.8. The molecule has 8 aromatic carbocycles. The molecule has 0 saturated carbocycles. The summed E-state index contributed by atoms with van der Waals surface area (Å²) in [5, 5.41) is 14.1. The highest BCUT2D eigenvalue weighted by Crippen LogP contribution is 2.39. The molecule has 8 aromatic rings. The maximum absolute atomic E-state index is 13.5. The van der Waals surface area contributed by atoms with E-state index in [9.17, 15) is 22.6 Å². The Bertz CT molecular complexity index is 3070. The van der Waals surface area contributed by atoms with Gasteiger partial charge in [-0.05, 0) is 115 Å². The number of aryl methyl sites for hydroxylation is 2. The largest absolute Gasteiger partial charge is 0.457 e. The van der Waals surface area contributed by atoms with Gasteiger partial charge in [0.15, 0.2) is 11.6 Å². The predicted molar refractivity (Wildman–Crippen MR) is 241 cm³/mol. The SMILES string of the molecule is Cc1ccc(C(=O)c2ccc(Oc3cccc4c(Oc5ccc(C(=O)c6ccc(Cc7ccc(-c8ccc(C)cc8SOOO)c(S(=O)(=O)O)c7)cc6)cc5)cccc34)cc2)cc1. The molecule has 0 amide bonds. The molecule has 0 radical (unpaired) electrons. The van der Waals surface area contributed by atoms with E-state index >= 15 is 0 Å². The molecule has 314 valence electrons. The van der Waals surface area contributed by atoms with Gasteiger partial charge < -0.3 is 9.47 Å². The molecule has 0 spiro atoms. The fraction of sp³-hybridized carbons (Fsp3) is 0.0588. The number of rotatable bonds is 15. The highest BCUT2D eigenvalue weighted by molar-refractivity contribution is 7.94. The predicted octanol–water partition coefficient (Wildman–Crippen LogP) is 12.4. The number of hydrogen-bond acceptors (Lipinski definition) is 10. The van der Waals surface area contributed by atoms with Crippen LogP contribution in [0, 0.1) is 13.8 Å². The van der Waals surface area contributed by atoms with Gasteiger partial charge in [0.05, 0.1) is 12.0 Å². The summed E-state index contributed by atoms with van der Waals surface area (Å²) >= 11 is 0.693. The smallest absolute Gasteiger partial charge is 0.295 e. The van der Waals surface area contributed by atoms with Crippen molar-refractivity contribution in [1.82, 2.24) is 0 Å². The topological polar surface area (TPSA) is 146 Å². The fourth-order valence-corrected chi connectivity index (χ4v) is 8.53. The molecule has 0 saturated heterocycles. The summed E-state index contributed by atoms with van der Waals surface area (Å²) in [7, 11) is -4.64. The molecule has 0 aromatic heterocycles. The van der Waals surface area contributed by atoms with Crippen molar-refractivity contribution in [2.45, 2.75) is 30.1 Å². The molecular formula is C51H38O10S2. The number of ketones is 2. The lowest BCUT2D eigenvalue weighted by Crippen LogP contribution is -2.04. The van der Waals surface area contributed by atoms with Crippen LogP contribution >= 0.6 is 12.0 Å². The van der Waals surface area contributed by atoms with Crippen LogP contribution in [0.4, 0.5) is 0 Å². The summed E-state index contributed by atoms with van der Waals surface area (Å²) in [5.74, 6) is 2.10. The van der Waals surface area contributed by atoms with Crippen LogP contribution in [0.15, 0.2) is 180 Å². The molecular weight excluding hydrogens is 837 g/mol. The number of fused-ring (bicyclic) bond motifs is 1. The molecule has 0 fully saturated rings. The van der Waals surface area contributed by atoms with Crippen LogP contribution < -0.4 is 9.47 Å². The number of ether oxygens (including phenoxy) is 2. The van der Waals surface area contributed by atoms with Gasteiger partial charge in [0.25, 0.3) is 10.1 Å². The van der Waals surface area contributed by atoms with Crippen molar-refractivity contribution >= 4 is 44.5 Å². The Kier molecular flexibility index (Phi) is 12.6. The third kappa shape index (κ3) is 9.93. The molecule has 63 heavy (non-hydrogen) atoms. The van der Waals surface area contributed by atoms with E-state index in [0.717, 1.165) is 27.5 Å². The first kappa shape index (κ1) is 42.8. The standard InChI is InChI=1S/C51H38O10S2/c1-32-9-15-36(16-10-32)50(52)38-19-23-40(24-20-38)58-46-7-3-6-43-42(46)5-4-8-47(43)59-41-25-21-39(22-26-41)51(53)37-17-12-34(13-18-37)30-35-14-28-45(49(31-35)63(55,56)57)44-27-11-33(2)29-48(44)62-61-60-54/h3-29,31,54H,30H2,1-2H3,(H,55,56,57). The lowest BCUT2D eigenvalue weighted by atomic mass is 9.97. The highest BCUT2D eigenvalue weighted by Gasteiger charge is 2.21. The van der Waals surface area contributed by atoms with Gasteiger partial charge in [0.2, 0.25) is 0 Å². The third-order valence-electron chi connectivity index (χ3n) is 10.4. The van der Waals surface area contributed by atoms with E-state index in [4.69, 9.17) is 14.7 Å². The second kappa shape index (κ2) is 18.6. The maximum Gasteiger partial charge on any atom is 0.295 e. The van der Waals surface area contributed by atoms with Gasteiger partial charge in [0, 0.05) is 43.5 Å². The second-order valence-corrected chi connectivity index (χ2v) is 16.9. The van der Waals surface area contributed by atoms with Crippen LogP contribution in [-0.2, 0) is 25.9 Å². The van der Waals surface area contributed by atoms with Gasteiger partial charge in [-0.1, -0.05) is 108 Å². The van der Waals surface area contributed by atoms with Gasteiger partial charge in [-0.3, -0.25) is 14.1 Å². The van der Waals surface area contributed by atoms with E-state index in [1.807, 2.05) is 74.5 Å². The minimum absolute atomic E-state index is 0.0591.